The highest BCUT2D eigenvalue weighted by atomic mass is 32.2. The Balaban J connectivity index is 2.26. The summed E-state index contributed by atoms with van der Waals surface area (Å²) in [5.74, 6) is 0.466. The van der Waals surface area contributed by atoms with Crippen LogP contribution < -0.4 is 5.32 Å². The van der Waals surface area contributed by atoms with E-state index in [4.69, 9.17) is 0 Å². The van der Waals surface area contributed by atoms with E-state index in [9.17, 15) is 13.2 Å². The molecule has 0 unspecified atom stereocenters. The van der Waals surface area contributed by atoms with E-state index >= 15 is 0 Å². The number of likely N-dealkylation sites (tertiary alicyclic amines) is 1. The number of hydrogen-bond donors (Lipinski definition) is 1. The zero-order valence-corrected chi connectivity index (χ0v) is 16.9. The number of benzene rings is 1. The lowest BCUT2D eigenvalue weighted by atomic mass is 9.89. The van der Waals surface area contributed by atoms with E-state index in [1.54, 1.807) is 12.1 Å². The average molecular weight is 380 g/mol. The summed E-state index contributed by atoms with van der Waals surface area (Å²) >= 11 is 0. The van der Waals surface area contributed by atoms with Crippen molar-refractivity contribution in [2.45, 2.75) is 57.8 Å². The minimum Gasteiger partial charge on any atom is -0.362 e. The minimum atomic E-state index is -3.81. The fourth-order valence-corrected chi connectivity index (χ4v) is 3.77. The van der Waals surface area contributed by atoms with Crippen molar-refractivity contribution >= 4 is 27.5 Å². The number of anilines is 1. The standard InChI is InChI=1S/C19H29N3O3S/c1-5-19(2,3)18(23)20-15-10-9-11-16(14-15)26(24,25)21-17-12-7-6-8-13-22(17)4/h9-11,14H,5-8,12-13H2,1-4H3,(H,20,23)/b21-17-. The first-order valence-electron chi connectivity index (χ1n) is 9.12. The van der Waals surface area contributed by atoms with E-state index in [0.717, 1.165) is 25.8 Å². The molecule has 1 aliphatic heterocycles. The number of nitrogens with one attached hydrogen (secondary N) is 1. The third-order valence-corrected chi connectivity index (χ3v) is 6.25. The Morgan fingerprint density at radius 2 is 2.00 bits per heavy atom. The molecule has 1 N–H and O–H groups in total. The summed E-state index contributed by atoms with van der Waals surface area (Å²) in [6.45, 7) is 6.48. The second kappa shape index (κ2) is 8.20. The summed E-state index contributed by atoms with van der Waals surface area (Å²) in [6.07, 6.45) is 4.43. The van der Waals surface area contributed by atoms with Gasteiger partial charge >= 0.3 is 0 Å². The molecule has 7 heteroatoms. The van der Waals surface area contributed by atoms with Crippen LogP contribution in [-0.4, -0.2) is 38.7 Å². The van der Waals surface area contributed by atoms with Gasteiger partial charge in [-0.2, -0.15) is 8.42 Å². The second-order valence-electron chi connectivity index (χ2n) is 7.43. The summed E-state index contributed by atoms with van der Waals surface area (Å²) in [5.41, 5.74) is -0.0509. The fraction of sp³-hybridized carbons (Fsp3) is 0.579. The van der Waals surface area contributed by atoms with Crippen LogP contribution in [0.25, 0.3) is 0 Å². The van der Waals surface area contributed by atoms with Crippen LogP contribution in [0.2, 0.25) is 0 Å². The van der Waals surface area contributed by atoms with Crippen LogP contribution >= 0.6 is 0 Å². The van der Waals surface area contributed by atoms with Crippen molar-refractivity contribution in [1.82, 2.24) is 4.90 Å². The topological polar surface area (TPSA) is 78.8 Å². The fourth-order valence-electron chi connectivity index (χ4n) is 2.63. The molecule has 144 valence electrons. The Bertz CT molecular complexity index is 785. The molecule has 6 nitrogen and oxygen atoms in total. The number of hydrogen-bond acceptors (Lipinski definition) is 3. The average Bonchev–Trinajstić information content (AvgIpc) is 2.79. The maximum absolute atomic E-state index is 12.7. The molecule has 1 aromatic carbocycles. The highest BCUT2D eigenvalue weighted by molar-refractivity contribution is 7.90. The Morgan fingerprint density at radius 1 is 1.27 bits per heavy atom. The number of sulfonamides is 1. The number of carbonyl (C=O) groups excluding carboxylic acids is 1. The number of amidine groups is 1. The van der Waals surface area contributed by atoms with Gasteiger partial charge in [0.25, 0.3) is 10.0 Å². The van der Waals surface area contributed by atoms with Crippen LogP contribution in [-0.2, 0) is 14.8 Å². The molecule has 0 bridgehead atoms. The molecule has 1 fully saturated rings. The lowest BCUT2D eigenvalue weighted by Crippen LogP contribution is -2.30. The van der Waals surface area contributed by atoms with Crippen molar-refractivity contribution in [1.29, 1.82) is 0 Å². The summed E-state index contributed by atoms with van der Waals surface area (Å²) in [5, 5.41) is 2.81. The normalized spacial score (nSPS) is 17.8. The molecular weight excluding hydrogens is 350 g/mol. The van der Waals surface area contributed by atoms with Gasteiger partial charge in [-0.3, -0.25) is 4.79 Å². The number of nitrogens with zero attached hydrogens (tertiary/aromatic N) is 2. The molecule has 0 saturated carbocycles. The molecule has 0 spiro atoms. The van der Waals surface area contributed by atoms with Gasteiger partial charge in [-0.15, -0.1) is 4.40 Å². The van der Waals surface area contributed by atoms with Crippen LogP contribution in [0.4, 0.5) is 5.69 Å². The molecule has 2 rings (SSSR count). The van der Waals surface area contributed by atoms with Gasteiger partial charge in [0.2, 0.25) is 5.91 Å². The van der Waals surface area contributed by atoms with Crippen molar-refractivity contribution < 1.29 is 13.2 Å². The number of amides is 1. The zero-order valence-electron chi connectivity index (χ0n) is 16.1. The summed E-state index contributed by atoms with van der Waals surface area (Å²) < 4.78 is 29.5. The van der Waals surface area contributed by atoms with Gasteiger partial charge in [-0.1, -0.05) is 33.3 Å². The molecule has 0 atom stereocenters. The molecule has 0 radical (unpaired) electrons. The largest absolute Gasteiger partial charge is 0.362 e. The predicted molar refractivity (Wildman–Crippen MR) is 105 cm³/mol. The van der Waals surface area contributed by atoms with Gasteiger partial charge < -0.3 is 10.2 Å². The van der Waals surface area contributed by atoms with E-state index in [1.165, 1.54) is 12.1 Å². The smallest absolute Gasteiger partial charge is 0.284 e. The Labute approximate surface area is 156 Å². The van der Waals surface area contributed by atoms with Crippen LogP contribution in [0.5, 0.6) is 0 Å². The van der Waals surface area contributed by atoms with Crippen LogP contribution in [0.3, 0.4) is 0 Å². The molecule has 1 heterocycles. The lowest BCUT2D eigenvalue weighted by Gasteiger charge is -2.21. The molecular formula is C19H29N3O3S. The van der Waals surface area contributed by atoms with Crippen molar-refractivity contribution in [2.75, 3.05) is 18.9 Å². The Hall–Kier alpha value is -1.89. The van der Waals surface area contributed by atoms with Crippen molar-refractivity contribution in [3.05, 3.63) is 24.3 Å². The number of carbonyl (C=O) groups is 1. The van der Waals surface area contributed by atoms with E-state index in [2.05, 4.69) is 9.71 Å². The van der Waals surface area contributed by atoms with Gasteiger partial charge in [-0.25, -0.2) is 0 Å². The van der Waals surface area contributed by atoms with E-state index in [0.29, 0.717) is 24.4 Å². The van der Waals surface area contributed by atoms with Crippen LogP contribution in [0, 0.1) is 5.41 Å². The number of rotatable bonds is 5. The highest BCUT2D eigenvalue weighted by Crippen LogP contribution is 2.24. The monoisotopic (exact) mass is 379 g/mol. The summed E-state index contributed by atoms with van der Waals surface area (Å²) in [4.78, 5) is 14.3. The molecule has 1 aliphatic rings. The van der Waals surface area contributed by atoms with Crippen molar-refractivity contribution in [3.63, 3.8) is 0 Å². The third-order valence-electron chi connectivity index (χ3n) is 4.95. The van der Waals surface area contributed by atoms with Gasteiger partial charge in [0, 0.05) is 31.1 Å². The first kappa shape index (κ1) is 20.4. The first-order valence-corrected chi connectivity index (χ1v) is 10.6. The Kier molecular flexibility index (Phi) is 6.44. The van der Waals surface area contributed by atoms with Gasteiger partial charge in [0.1, 0.15) is 5.84 Å². The molecule has 1 amide bonds. The maximum atomic E-state index is 12.7. The van der Waals surface area contributed by atoms with E-state index < -0.39 is 15.4 Å². The SMILES string of the molecule is CCC(C)(C)C(=O)Nc1cccc(S(=O)(=O)/N=C2/CCCCCN2C)c1. The third kappa shape index (κ3) is 5.06. The Morgan fingerprint density at radius 3 is 2.69 bits per heavy atom. The first-order chi connectivity index (χ1) is 12.2. The second-order valence-corrected chi connectivity index (χ2v) is 9.04. The predicted octanol–water partition coefficient (Wildman–Crippen LogP) is 3.65. The van der Waals surface area contributed by atoms with Gasteiger partial charge in [0.05, 0.1) is 4.90 Å². The zero-order chi connectivity index (χ0) is 19.4. The van der Waals surface area contributed by atoms with Crippen molar-refractivity contribution in [2.24, 2.45) is 9.81 Å². The van der Waals surface area contributed by atoms with Crippen LogP contribution in [0.1, 0.15) is 52.9 Å². The van der Waals surface area contributed by atoms with E-state index in [-0.39, 0.29) is 10.8 Å². The van der Waals surface area contributed by atoms with E-state index in [1.807, 2.05) is 32.7 Å². The van der Waals surface area contributed by atoms with Gasteiger partial charge in [0.15, 0.2) is 0 Å². The molecule has 26 heavy (non-hydrogen) atoms. The summed E-state index contributed by atoms with van der Waals surface area (Å²) in [7, 11) is -1.94. The van der Waals surface area contributed by atoms with Crippen molar-refractivity contribution in [3.8, 4) is 0 Å². The van der Waals surface area contributed by atoms with Gasteiger partial charge in [-0.05, 0) is 37.5 Å². The highest BCUT2D eigenvalue weighted by Gasteiger charge is 2.26. The van der Waals surface area contributed by atoms with Crippen LogP contribution in [0.15, 0.2) is 33.6 Å². The molecule has 1 aromatic rings. The molecule has 0 aromatic heterocycles. The maximum Gasteiger partial charge on any atom is 0.284 e. The molecule has 1 saturated heterocycles. The molecule has 0 aliphatic carbocycles. The summed E-state index contributed by atoms with van der Waals surface area (Å²) in [6, 6.07) is 6.29. The quantitative estimate of drug-likeness (QED) is 0.847. The lowest BCUT2D eigenvalue weighted by molar-refractivity contribution is -0.124. The minimum absolute atomic E-state index is 0.0924.